The molecule has 10 heteroatoms. The second-order valence-electron chi connectivity index (χ2n) is 8.44. The molecule has 0 radical (unpaired) electrons. The van der Waals surface area contributed by atoms with Gasteiger partial charge in [-0.3, -0.25) is 0 Å². The number of anilines is 1. The van der Waals surface area contributed by atoms with Crippen LogP contribution in [-0.2, 0) is 13.0 Å². The summed E-state index contributed by atoms with van der Waals surface area (Å²) in [4.78, 5) is 23.9. The van der Waals surface area contributed by atoms with E-state index in [0.29, 0.717) is 31.0 Å². The van der Waals surface area contributed by atoms with E-state index in [4.69, 9.17) is 11.6 Å². The van der Waals surface area contributed by atoms with Crippen molar-refractivity contribution in [3.05, 3.63) is 52.1 Å². The van der Waals surface area contributed by atoms with Crippen LogP contribution in [0.15, 0.2) is 24.4 Å². The number of hydrogen-bond donors (Lipinski definition) is 3. The Morgan fingerprint density at radius 1 is 1.38 bits per heavy atom. The number of amides is 2. The lowest BCUT2D eigenvalue weighted by atomic mass is 9.98. The molecule has 1 saturated heterocycles. The number of fused-ring (bicyclic) bond motifs is 1. The Hall–Kier alpha value is -2.16. The lowest BCUT2D eigenvalue weighted by Crippen LogP contribution is -2.48. The van der Waals surface area contributed by atoms with Crippen molar-refractivity contribution in [3.8, 4) is 0 Å². The van der Waals surface area contributed by atoms with E-state index < -0.39 is 5.82 Å². The third kappa shape index (κ3) is 5.60. The van der Waals surface area contributed by atoms with Crippen LogP contribution in [0.1, 0.15) is 49.6 Å². The highest BCUT2D eigenvalue weighted by molar-refractivity contribution is 6.30. The average Bonchev–Trinajstić information content (AvgIpc) is 3.27. The number of urea groups is 1. The van der Waals surface area contributed by atoms with Crippen molar-refractivity contribution >= 4 is 36.0 Å². The minimum Gasteiger partial charge on any atom is -0.352 e. The Morgan fingerprint density at radius 2 is 2.19 bits per heavy atom. The second-order valence-corrected chi connectivity index (χ2v) is 8.85. The lowest BCUT2D eigenvalue weighted by Gasteiger charge is -2.32. The lowest BCUT2D eigenvalue weighted by molar-refractivity contribution is 0.184. The fraction of sp³-hybridized carbons (Fsp3) is 0.500. The van der Waals surface area contributed by atoms with Crippen LogP contribution in [0, 0.1) is 5.82 Å². The molecule has 32 heavy (non-hydrogen) atoms. The molecule has 2 amide bonds. The quantitative estimate of drug-likeness (QED) is 0.598. The molecule has 2 atom stereocenters. The van der Waals surface area contributed by atoms with E-state index in [9.17, 15) is 9.18 Å². The van der Waals surface area contributed by atoms with E-state index in [-0.39, 0.29) is 41.6 Å². The van der Waals surface area contributed by atoms with Crippen molar-refractivity contribution in [3.63, 3.8) is 0 Å². The molecule has 174 valence electrons. The Bertz CT molecular complexity index is 954. The largest absolute Gasteiger partial charge is 0.352 e. The summed E-state index contributed by atoms with van der Waals surface area (Å²) in [6.45, 7) is 5.93. The Kier molecular flexibility index (Phi) is 8.14. The minimum atomic E-state index is -0.481. The van der Waals surface area contributed by atoms with Gasteiger partial charge in [0.05, 0.1) is 23.3 Å². The highest BCUT2D eigenvalue weighted by atomic mass is 35.5. The van der Waals surface area contributed by atoms with E-state index in [1.54, 1.807) is 11.0 Å². The monoisotopic (exact) mass is 482 g/mol. The van der Waals surface area contributed by atoms with Crippen molar-refractivity contribution in [1.82, 2.24) is 25.5 Å². The van der Waals surface area contributed by atoms with Gasteiger partial charge in [-0.15, -0.1) is 12.4 Å². The van der Waals surface area contributed by atoms with E-state index in [1.807, 2.05) is 20.0 Å². The summed E-state index contributed by atoms with van der Waals surface area (Å²) in [5.74, 6) is 0.0888. The van der Waals surface area contributed by atoms with Gasteiger partial charge in [-0.1, -0.05) is 17.7 Å². The fourth-order valence-electron chi connectivity index (χ4n) is 4.15. The van der Waals surface area contributed by atoms with Crippen LogP contribution in [-0.4, -0.2) is 46.1 Å². The molecule has 3 heterocycles. The zero-order valence-electron chi connectivity index (χ0n) is 18.2. The van der Waals surface area contributed by atoms with Gasteiger partial charge in [-0.05, 0) is 62.9 Å². The van der Waals surface area contributed by atoms with E-state index >= 15 is 0 Å². The Balaban J connectivity index is 0.00000289. The van der Waals surface area contributed by atoms with Gasteiger partial charge in [0.1, 0.15) is 5.82 Å². The van der Waals surface area contributed by atoms with E-state index in [0.717, 1.165) is 30.6 Å². The first-order chi connectivity index (χ1) is 14.9. The molecule has 2 aliphatic rings. The first-order valence-electron chi connectivity index (χ1n) is 10.8. The molecule has 2 aliphatic heterocycles. The predicted molar refractivity (Wildman–Crippen MR) is 126 cm³/mol. The van der Waals surface area contributed by atoms with Gasteiger partial charge in [0.15, 0.2) is 0 Å². The number of halogens is 3. The van der Waals surface area contributed by atoms with Crippen molar-refractivity contribution in [2.75, 3.05) is 18.4 Å². The number of rotatable bonds is 5. The summed E-state index contributed by atoms with van der Waals surface area (Å²) in [5, 5.41) is 9.83. The molecule has 1 fully saturated rings. The van der Waals surface area contributed by atoms with Crippen molar-refractivity contribution in [1.29, 1.82) is 0 Å². The molecule has 1 aromatic heterocycles. The summed E-state index contributed by atoms with van der Waals surface area (Å²) in [5.41, 5.74) is 2.62. The molecule has 1 aromatic carbocycles. The number of carbonyl (C=O) groups is 1. The average molecular weight is 483 g/mol. The number of hydrogen-bond acceptors (Lipinski definition) is 5. The SMILES string of the molecule is CC(C)Nc1ncc2c(n1)CN(C(=O)N[C@@H](c1ccc(Cl)c(F)c1)[C@@H]1CCCN1)CC2.Cl. The van der Waals surface area contributed by atoms with Gasteiger partial charge in [0.2, 0.25) is 5.95 Å². The minimum absolute atomic E-state index is 0. The fourth-order valence-corrected chi connectivity index (χ4v) is 4.26. The summed E-state index contributed by atoms with van der Waals surface area (Å²) in [6, 6.07) is 4.47. The van der Waals surface area contributed by atoms with Crippen molar-refractivity contribution < 1.29 is 9.18 Å². The topological polar surface area (TPSA) is 82.2 Å². The smallest absolute Gasteiger partial charge is 0.318 e. The maximum Gasteiger partial charge on any atom is 0.318 e. The molecular weight excluding hydrogens is 454 g/mol. The molecule has 2 aromatic rings. The van der Waals surface area contributed by atoms with Gasteiger partial charge in [-0.2, -0.15) is 0 Å². The Labute approximate surface area is 198 Å². The molecule has 3 N–H and O–H groups in total. The van der Waals surface area contributed by atoms with Crippen LogP contribution in [0.4, 0.5) is 15.1 Å². The molecular formula is C22H29Cl2FN6O. The number of benzene rings is 1. The zero-order chi connectivity index (χ0) is 22.0. The maximum atomic E-state index is 14.1. The maximum absolute atomic E-state index is 14.1. The molecule has 7 nitrogen and oxygen atoms in total. The van der Waals surface area contributed by atoms with Crippen molar-refractivity contribution in [2.45, 2.75) is 57.8 Å². The standard InChI is InChI=1S/C22H28ClFN6O.ClH/c1-13(2)27-21-26-11-15-7-9-30(12-19(15)28-21)22(31)29-20(18-4-3-8-25-18)14-5-6-16(23)17(24)10-14;/h5-6,10-11,13,18,20,25H,3-4,7-9,12H2,1-2H3,(H,29,31)(H,26,27,28);1H/t18-,20-;/m0./s1. The third-order valence-electron chi connectivity index (χ3n) is 5.73. The van der Waals surface area contributed by atoms with Crippen LogP contribution in [0.5, 0.6) is 0 Å². The van der Waals surface area contributed by atoms with E-state index in [1.165, 1.54) is 12.1 Å². The molecule has 4 rings (SSSR count). The third-order valence-corrected chi connectivity index (χ3v) is 6.04. The van der Waals surface area contributed by atoms with Crippen LogP contribution < -0.4 is 16.0 Å². The van der Waals surface area contributed by atoms with Crippen molar-refractivity contribution in [2.24, 2.45) is 0 Å². The summed E-state index contributed by atoms with van der Waals surface area (Å²) in [7, 11) is 0. The van der Waals surface area contributed by atoms with Gasteiger partial charge in [0, 0.05) is 24.8 Å². The molecule has 0 bridgehead atoms. The molecule has 0 spiro atoms. The van der Waals surface area contributed by atoms with Gasteiger partial charge < -0.3 is 20.9 Å². The first-order valence-corrected chi connectivity index (χ1v) is 11.1. The van der Waals surface area contributed by atoms with E-state index in [2.05, 4.69) is 25.9 Å². The second kappa shape index (κ2) is 10.6. The normalized spacial score (nSPS) is 18.7. The summed E-state index contributed by atoms with van der Waals surface area (Å²) < 4.78 is 14.1. The predicted octanol–water partition coefficient (Wildman–Crippen LogP) is 4.07. The summed E-state index contributed by atoms with van der Waals surface area (Å²) in [6.07, 6.45) is 4.47. The van der Waals surface area contributed by atoms with Crippen LogP contribution in [0.2, 0.25) is 5.02 Å². The van der Waals surface area contributed by atoms with Crippen LogP contribution >= 0.6 is 24.0 Å². The van der Waals surface area contributed by atoms with Crippen LogP contribution in [0.3, 0.4) is 0 Å². The highest BCUT2D eigenvalue weighted by Gasteiger charge is 2.31. The highest BCUT2D eigenvalue weighted by Crippen LogP contribution is 2.27. The van der Waals surface area contributed by atoms with Gasteiger partial charge in [-0.25, -0.2) is 19.2 Å². The molecule has 0 saturated carbocycles. The van der Waals surface area contributed by atoms with Crippen LogP contribution in [0.25, 0.3) is 0 Å². The zero-order valence-corrected chi connectivity index (χ0v) is 19.8. The molecule has 0 unspecified atom stereocenters. The Morgan fingerprint density at radius 3 is 2.88 bits per heavy atom. The van der Waals surface area contributed by atoms with Gasteiger partial charge in [0.25, 0.3) is 0 Å². The molecule has 0 aliphatic carbocycles. The van der Waals surface area contributed by atoms with Gasteiger partial charge >= 0.3 is 6.03 Å². The number of nitrogens with one attached hydrogen (secondary N) is 3. The first kappa shape index (κ1) is 24.5. The summed E-state index contributed by atoms with van der Waals surface area (Å²) >= 11 is 5.86. The number of carbonyl (C=O) groups excluding carboxylic acids is 1. The number of nitrogens with zero attached hydrogens (tertiary/aromatic N) is 3. The number of aromatic nitrogens is 2.